The molecule has 1 N–H and O–H groups in total. The van der Waals surface area contributed by atoms with Crippen LogP contribution in [0.25, 0.3) is 0 Å². The number of nitrogens with zero attached hydrogens (tertiary/aromatic N) is 1. The molecular weight excluding hydrogens is 374 g/mol. The number of alkyl halides is 3. The van der Waals surface area contributed by atoms with Gasteiger partial charge in [-0.1, -0.05) is 12.1 Å². The maximum Gasteiger partial charge on any atom is 0.419 e. The fraction of sp³-hybridized carbons (Fsp3) is 0.381. The molecular formula is C21H19F4NO2. The van der Waals surface area contributed by atoms with Gasteiger partial charge in [-0.25, -0.2) is 4.39 Å². The summed E-state index contributed by atoms with van der Waals surface area (Å²) in [7, 11) is 0. The number of phenolic OH excluding ortho intramolecular Hbond substituents is 1. The molecule has 2 aromatic rings. The van der Waals surface area contributed by atoms with Crippen LogP contribution >= 0.6 is 0 Å². The molecule has 7 heteroatoms. The number of halogens is 4. The van der Waals surface area contributed by atoms with Crippen LogP contribution < -0.4 is 0 Å². The van der Waals surface area contributed by atoms with E-state index in [-0.39, 0.29) is 29.4 Å². The van der Waals surface area contributed by atoms with Crippen LogP contribution in [0.5, 0.6) is 5.75 Å². The van der Waals surface area contributed by atoms with Crippen LogP contribution in [0.4, 0.5) is 17.6 Å². The quantitative estimate of drug-likeness (QED) is 0.721. The van der Waals surface area contributed by atoms with E-state index in [2.05, 4.69) is 0 Å². The summed E-state index contributed by atoms with van der Waals surface area (Å²) in [5.74, 6) is -1.42. The van der Waals surface area contributed by atoms with E-state index in [9.17, 15) is 27.5 Å². The Morgan fingerprint density at radius 2 is 1.61 bits per heavy atom. The molecule has 0 unspecified atom stereocenters. The summed E-state index contributed by atoms with van der Waals surface area (Å²) in [6, 6.07) is 9.13. The molecule has 0 aliphatic carbocycles. The van der Waals surface area contributed by atoms with Crippen LogP contribution in [0.15, 0.2) is 42.5 Å². The Morgan fingerprint density at radius 1 is 1.00 bits per heavy atom. The minimum absolute atomic E-state index is 0.0514. The summed E-state index contributed by atoms with van der Waals surface area (Å²) in [5.41, 5.74) is -0.247. The van der Waals surface area contributed by atoms with Gasteiger partial charge in [-0.05, 0) is 67.5 Å². The molecule has 0 saturated carbocycles. The Morgan fingerprint density at radius 3 is 2.18 bits per heavy atom. The zero-order valence-corrected chi connectivity index (χ0v) is 14.9. The van der Waals surface area contributed by atoms with E-state index >= 15 is 0 Å². The van der Waals surface area contributed by atoms with Gasteiger partial charge in [0.2, 0.25) is 0 Å². The highest BCUT2D eigenvalue weighted by atomic mass is 19.4. The Bertz CT molecular complexity index is 880. The van der Waals surface area contributed by atoms with Gasteiger partial charge in [-0.2, -0.15) is 13.2 Å². The summed E-state index contributed by atoms with van der Waals surface area (Å²) >= 11 is 0. The van der Waals surface area contributed by atoms with Crippen molar-refractivity contribution < 1.29 is 27.5 Å². The fourth-order valence-electron chi connectivity index (χ4n) is 4.56. The molecule has 28 heavy (non-hydrogen) atoms. The average Bonchev–Trinajstić information content (AvgIpc) is 2.90. The Labute approximate surface area is 159 Å². The lowest BCUT2D eigenvalue weighted by atomic mass is 9.84. The van der Waals surface area contributed by atoms with Crippen molar-refractivity contribution in [2.75, 3.05) is 0 Å². The third-order valence-electron chi connectivity index (χ3n) is 5.86. The molecule has 0 aromatic heterocycles. The topological polar surface area (TPSA) is 40.5 Å². The van der Waals surface area contributed by atoms with Crippen molar-refractivity contribution in [1.82, 2.24) is 4.90 Å². The van der Waals surface area contributed by atoms with Gasteiger partial charge in [-0.15, -0.1) is 0 Å². The van der Waals surface area contributed by atoms with Crippen LogP contribution in [0, 0.1) is 5.82 Å². The van der Waals surface area contributed by atoms with Gasteiger partial charge in [0, 0.05) is 17.6 Å². The number of hydrogen-bond acceptors (Lipinski definition) is 2. The van der Waals surface area contributed by atoms with Crippen molar-refractivity contribution in [3.63, 3.8) is 0 Å². The Balaban J connectivity index is 1.56. The average molecular weight is 393 g/mol. The molecule has 4 rings (SSSR count). The first-order valence-electron chi connectivity index (χ1n) is 9.22. The van der Waals surface area contributed by atoms with Gasteiger partial charge < -0.3 is 10.0 Å². The van der Waals surface area contributed by atoms with Gasteiger partial charge in [0.25, 0.3) is 5.91 Å². The smallest absolute Gasteiger partial charge is 0.419 e. The molecule has 2 bridgehead atoms. The van der Waals surface area contributed by atoms with E-state index in [4.69, 9.17) is 0 Å². The number of amides is 1. The first-order valence-corrected chi connectivity index (χ1v) is 9.22. The highest BCUT2D eigenvalue weighted by Crippen LogP contribution is 2.44. The van der Waals surface area contributed by atoms with Crippen LogP contribution in [0.3, 0.4) is 0 Å². The summed E-state index contributed by atoms with van der Waals surface area (Å²) in [6.45, 7) is 0. The Hall–Kier alpha value is -2.57. The predicted octanol–water partition coefficient (Wildman–Crippen LogP) is 5.10. The van der Waals surface area contributed by atoms with Crippen LogP contribution in [0.2, 0.25) is 0 Å². The lowest BCUT2D eigenvalue weighted by Crippen LogP contribution is -2.46. The Kier molecular flexibility index (Phi) is 4.56. The predicted molar refractivity (Wildman–Crippen MR) is 94.5 cm³/mol. The number of phenols is 1. The molecule has 3 atom stereocenters. The van der Waals surface area contributed by atoms with Gasteiger partial charge in [0.15, 0.2) is 0 Å². The zero-order chi connectivity index (χ0) is 20.1. The maximum atomic E-state index is 13.2. The van der Waals surface area contributed by atoms with E-state index in [1.54, 1.807) is 17.0 Å². The van der Waals surface area contributed by atoms with Crippen molar-refractivity contribution in [2.24, 2.45) is 0 Å². The third-order valence-corrected chi connectivity index (χ3v) is 5.86. The molecule has 2 aliphatic heterocycles. The number of piperidine rings is 1. The molecule has 2 fully saturated rings. The van der Waals surface area contributed by atoms with Crippen molar-refractivity contribution in [3.05, 3.63) is 65.0 Å². The molecule has 3 nitrogen and oxygen atoms in total. The second-order valence-electron chi connectivity index (χ2n) is 7.55. The molecule has 2 aliphatic rings. The summed E-state index contributed by atoms with van der Waals surface area (Å²) < 4.78 is 52.3. The van der Waals surface area contributed by atoms with Gasteiger partial charge in [0.05, 0.1) is 5.56 Å². The van der Waals surface area contributed by atoms with E-state index in [1.165, 1.54) is 18.2 Å². The standard InChI is InChI=1S/C21H19F4NO2/c22-15-4-1-12(2-5-15)14-9-16-6-7-17(10-14)26(16)20(28)13-3-8-19(27)18(11-13)21(23,24)25/h1-5,8,11,14,16-17,27H,6-7,9-10H2/t14-,16+,17-. The van der Waals surface area contributed by atoms with E-state index in [0.717, 1.165) is 30.5 Å². The summed E-state index contributed by atoms with van der Waals surface area (Å²) in [6.07, 6.45) is -1.71. The number of benzene rings is 2. The second-order valence-corrected chi connectivity index (χ2v) is 7.55. The molecule has 2 aromatic carbocycles. The normalized spacial score (nSPS) is 24.4. The van der Waals surface area contributed by atoms with Gasteiger partial charge in [0.1, 0.15) is 11.6 Å². The van der Waals surface area contributed by atoms with E-state index < -0.39 is 23.4 Å². The molecule has 2 saturated heterocycles. The lowest BCUT2D eigenvalue weighted by molar-refractivity contribution is -0.138. The highest BCUT2D eigenvalue weighted by Gasteiger charge is 2.44. The fourth-order valence-corrected chi connectivity index (χ4v) is 4.56. The monoisotopic (exact) mass is 393 g/mol. The lowest BCUT2D eigenvalue weighted by Gasteiger charge is -2.39. The van der Waals surface area contributed by atoms with Gasteiger partial charge in [-0.3, -0.25) is 4.79 Å². The van der Waals surface area contributed by atoms with Crippen LogP contribution in [-0.2, 0) is 6.18 Å². The largest absolute Gasteiger partial charge is 0.507 e. The SMILES string of the molecule is O=C(c1ccc(O)c(C(F)(F)F)c1)N1[C@@H]2CC[C@H]1C[C@@H](c1ccc(F)cc1)C2. The molecule has 148 valence electrons. The molecule has 1 amide bonds. The summed E-state index contributed by atoms with van der Waals surface area (Å²) in [5, 5.41) is 9.49. The molecule has 2 heterocycles. The van der Waals surface area contributed by atoms with Crippen LogP contribution in [-0.4, -0.2) is 28.0 Å². The van der Waals surface area contributed by atoms with Crippen molar-refractivity contribution in [2.45, 2.75) is 49.9 Å². The minimum atomic E-state index is -4.73. The second kappa shape index (κ2) is 6.79. The third kappa shape index (κ3) is 3.34. The maximum absolute atomic E-state index is 13.2. The summed E-state index contributed by atoms with van der Waals surface area (Å²) in [4.78, 5) is 14.7. The minimum Gasteiger partial charge on any atom is -0.507 e. The number of fused-ring (bicyclic) bond motifs is 2. The number of rotatable bonds is 2. The van der Waals surface area contributed by atoms with Crippen molar-refractivity contribution in [3.8, 4) is 5.75 Å². The van der Waals surface area contributed by atoms with Gasteiger partial charge >= 0.3 is 6.18 Å². The van der Waals surface area contributed by atoms with Crippen LogP contribution in [0.1, 0.15) is 53.1 Å². The number of hydrogen-bond donors (Lipinski definition) is 1. The zero-order valence-electron chi connectivity index (χ0n) is 14.9. The number of carbonyl (C=O) groups is 1. The first kappa shape index (κ1) is 18.8. The van der Waals surface area contributed by atoms with Crippen molar-refractivity contribution >= 4 is 5.91 Å². The number of carbonyl (C=O) groups excluding carboxylic acids is 1. The molecule has 0 radical (unpaired) electrons. The van der Waals surface area contributed by atoms with E-state index in [1.807, 2.05) is 0 Å². The molecule has 0 spiro atoms. The highest BCUT2D eigenvalue weighted by molar-refractivity contribution is 5.95. The first-order chi connectivity index (χ1) is 13.2. The van der Waals surface area contributed by atoms with Crippen molar-refractivity contribution in [1.29, 1.82) is 0 Å². The van der Waals surface area contributed by atoms with E-state index in [0.29, 0.717) is 12.8 Å². The number of aromatic hydroxyl groups is 1.